The fraction of sp³-hybridized carbons (Fsp3) is 0.727. The lowest BCUT2D eigenvalue weighted by Gasteiger charge is -2.30. The zero-order chi connectivity index (χ0) is 11.3. The van der Waals surface area contributed by atoms with Gasteiger partial charge in [0.2, 0.25) is 0 Å². The minimum absolute atomic E-state index is 0.0509. The van der Waals surface area contributed by atoms with Crippen LogP contribution in [0.5, 0.6) is 0 Å². The van der Waals surface area contributed by atoms with Crippen molar-refractivity contribution >= 4 is 11.8 Å². The average molecular weight is 209 g/mol. The topological polar surface area (TPSA) is 67.2 Å². The zero-order valence-corrected chi connectivity index (χ0v) is 8.91. The highest BCUT2D eigenvalue weighted by molar-refractivity contribution is 6.04. The number of ketones is 1. The first kappa shape index (κ1) is 11.7. The number of carbonyl (C=O) groups excluding carboxylic acids is 2. The monoisotopic (exact) mass is 209 g/mol. The Morgan fingerprint density at radius 1 is 1.60 bits per heavy atom. The molecule has 0 aliphatic heterocycles. The Morgan fingerprint density at radius 3 is 2.87 bits per heavy atom. The van der Waals surface area contributed by atoms with Gasteiger partial charge in [0, 0.05) is 6.42 Å². The number of hydrogen-bond donors (Lipinski definition) is 0. The van der Waals surface area contributed by atoms with E-state index in [1.54, 1.807) is 6.92 Å². The summed E-state index contributed by atoms with van der Waals surface area (Å²) in [4.78, 5) is 23.5. The van der Waals surface area contributed by atoms with Gasteiger partial charge in [0.25, 0.3) is 0 Å². The van der Waals surface area contributed by atoms with Gasteiger partial charge in [-0.2, -0.15) is 5.26 Å². The third kappa shape index (κ3) is 2.17. The molecule has 0 unspecified atom stereocenters. The van der Waals surface area contributed by atoms with E-state index in [1.807, 2.05) is 6.07 Å². The fourth-order valence-corrected chi connectivity index (χ4v) is 1.97. The number of carbonyl (C=O) groups is 2. The van der Waals surface area contributed by atoms with E-state index in [9.17, 15) is 9.59 Å². The number of nitriles is 1. The molecular weight excluding hydrogens is 194 g/mol. The molecule has 1 rings (SSSR count). The molecular formula is C11H15NO3. The summed E-state index contributed by atoms with van der Waals surface area (Å²) in [5, 5.41) is 8.71. The van der Waals surface area contributed by atoms with Crippen LogP contribution in [-0.2, 0) is 14.3 Å². The number of rotatable bonds is 3. The molecule has 0 heterocycles. The van der Waals surface area contributed by atoms with Crippen LogP contribution in [0.1, 0.15) is 39.0 Å². The normalized spacial score (nSPS) is 25.7. The van der Waals surface area contributed by atoms with Gasteiger partial charge in [0.15, 0.2) is 5.78 Å². The van der Waals surface area contributed by atoms with Gasteiger partial charge in [0.05, 0.1) is 19.1 Å². The smallest absolute Gasteiger partial charge is 0.320 e. The van der Waals surface area contributed by atoms with Gasteiger partial charge in [-0.25, -0.2) is 0 Å². The molecule has 0 spiro atoms. The number of hydrogen-bond acceptors (Lipinski definition) is 4. The van der Waals surface area contributed by atoms with Crippen LogP contribution < -0.4 is 0 Å². The van der Waals surface area contributed by atoms with Crippen molar-refractivity contribution in [1.29, 1.82) is 5.26 Å². The molecule has 1 atom stereocenters. The lowest BCUT2D eigenvalue weighted by atomic mass is 9.71. The molecule has 4 heteroatoms. The molecule has 0 N–H and O–H groups in total. The highest BCUT2D eigenvalue weighted by atomic mass is 16.5. The minimum Gasteiger partial charge on any atom is -0.465 e. The lowest BCUT2D eigenvalue weighted by Crippen LogP contribution is -2.42. The molecule has 15 heavy (non-hydrogen) atoms. The number of Topliss-reactive ketones (excluding diaryl/α,β-unsaturated/α-hetero) is 1. The molecule has 0 amide bonds. The molecule has 0 bridgehead atoms. The molecule has 1 fully saturated rings. The van der Waals surface area contributed by atoms with E-state index in [1.165, 1.54) is 0 Å². The predicted octanol–water partition coefficient (Wildman–Crippen LogP) is 1.59. The van der Waals surface area contributed by atoms with Crippen LogP contribution in [0.15, 0.2) is 0 Å². The Kier molecular flexibility index (Phi) is 3.84. The lowest BCUT2D eigenvalue weighted by molar-refractivity contribution is -0.161. The van der Waals surface area contributed by atoms with Crippen molar-refractivity contribution in [2.75, 3.05) is 6.61 Å². The maximum Gasteiger partial charge on any atom is 0.320 e. The van der Waals surface area contributed by atoms with Gasteiger partial charge in [-0.15, -0.1) is 0 Å². The summed E-state index contributed by atoms with van der Waals surface area (Å²) in [6.07, 6.45) is 2.42. The Bertz CT molecular complexity index is 305. The van der Waals surface area contributed by atoms with E-state index in [2.05, 4.69) is 0 Å². The number of esters is 1. The average Bonchev–Trinajstić information content (AvgIpc) is 2.22. The Labute approximate surface area is 89.2 Å². The van der Waals surface area contributed by atoms with Crippen molar-refractivity contribution in [2.24, 2.45) is 5.41 Å². The van der Waals surface area contributed by atoms with Crippen LogP contribution in [0.2, 0.25) is 0 Å². The zero-order valence-electron chi connectivity index (χ0n) is 8.91. The molecule has 1 saturated carbocycles. The van der Waals surface area contributed by atoms with Crippen molar-refractivity contribution < 1.29 is 14.3 Å². The van der Waals surface area contributed by atoms with Crippen LogP contribution in [0.25, 0.3) is 0 Å². The van der Waals surface area contributed by atoms with Crippen LogP contribution >= 0.6 is 0 Å². The molecule has 0 aromatic carbocycles. The second-order valence-corrected chi connectivity index (χ2v) is 3.77. The van der Waals surface area contributed by atoms with E-state index in [0.29, 0.717) is 12.8 Å². The van der Waals surface area contributed by atoms with Gasteiger partial charge >= 0.3 is 5.97 Å². The fourth-order valence-electron chi connectivity index (χ4n) is 1.97. The third-order valence-corrected chi connectivity index (χ3v) is 2.84. The number of nitrogens with zero attached hydrogens (tertiary/aromatic N) is 1. The summed E-state index contributed by atoms with van der Waals surface area (Å²) in [6, 6.07) is 1.93. The predicted molar refractivity (Wildman–Crippen MR) is 52.8 cm³/mol. The van der Waals surface area contributed by atoms with Crippen molar-refractivity contribution in [3.05, 3.63) is 0 Å². The molecule has 1 aliphatic carbocycles. The van der Waals surface area contributed by atoms with Crippen LogP contribution in [0, 0.1) is 16.7 Å². The molecule has 0 aromatic rings. The highest BCUT2D eigenvalue weighted by Gasteiger charge is 2.47. The van der Waals surface area contributed by atoms with Gasteiger partial charge < -0.3 is 4.74 Å². The summed E-state index contributed by atoms with van der Waals surface area (Å²) in [7, 11) is 0. The summed E-state index contributed by atoms with van der Waals surface area (Å²) in [6.45, 7) is 1.95. The van der Waals surface area contributed by atoms with E-state index in [-0.39, 0.29) is 18.8 Å². The Balaban J connectivity index is 2.90. The Hall–Kier alpha value is -1.37. The van der Waals surface area contributed by atoms with Gasteiger partial charge in [-0.05, 0) is 19.8 Å². The second-order valence-electron chi connectivity index (χ2n) is 3.77. The van der Waals surface area contributed by atoms with E-state index >= 15 is 0 Å². The van der Waals surface area contributed by atoms with Crippen molar-refractivity contribution in [3.63, 3.8) is 0 Å². The van der Waals surface area contributed by atoms with Crippen molar-refractivity contribution in [3.8, 4) is 6.07 Å². The van der Waals surface area contributed by atoms with E-state index in [4.69, 9.17) is 10.00 Å². The van der Waals surface area contributed by atoms with Gasteiger partial charge in [-0.3, -0.25) is 9.59 Å². The summed E-state index contributed by atoms with van der Waals surface area (Å²) >= 11 is 0. The first-order chi connectivity index (χ1) is 7.17. The maximum atomic E-state index is 11.8. The standard InChI is InChI=1S/C11H15NO3/c1-2-15-10(14)11(7-8-12)6-4-3-5-9(11)13/h2-7H2,1H3/t11-/m0/s1. The largest absolute Gasteiger partial charge is 0.465 e. The summed E-state index contributed by atoms with van der Waals surface area (Å²) in [5.74, 6) is -0.648. The van der Waals surface area contributed by atoms with Crippen LogP contribution in [-0.4, -0.2) is 18.4 Å². The quantitative estimate of drug-likeness (QED) is 0.523. The van der Waals surface area contributed by atoms with E-state index < -0.39 is 11.4 Å². The first-order valence-electron chi connectivity index (χ1n) is 5.25. The SMILES string of the molecule is CCOC(=O)[C@]1(CC#N)CCCCC1=O. The first-order valence-corrected chi connectivity index (χ1v) is 5.25. The molecule has 0 aromatic heterocycles. The molecule has 1 aliphatic rings. The molecule has 82 valence electrons. The molecule has 0 radical (unpaired) electrons. The number of ether oxygens (including phenoxy) is 1. The van der Waals surface area contributed by atoms with Crippen molar-refractivity contribution in [2.45, 2.75) is 39.0 Å². The minimum atomic E-state index is -1.16. The summed E-state index contributed by atoms with van der Waals surface area (Å²) < 4.78 is 4.90. The molecule has 0 saturated heterocycles. The van der Waals surface area contributed by atoms with Crippen LogP contribution in [0.3, 0.4) is 0 Å². The summed E-state index contributed by atoms with van der Waals surface area (Å²) in [5.41, 5.74) is -1.16. The Morgan fingerprint density at radius 2 is 2.33 bits per heavy atom. The van der Waals surface area contributed by atoms with Crippen LogP contribution in [0.4, 0.5) is 0 Å². The second kappa shape index (κ2) is 4.92. The van der Waals surface area contributed by atoms with Crippen molar-refractivity contribution in [1.82, 2.24) is 0 Å². The highest BCUT2D eigenvalue weighted by Crippen LogP contribution is 2.37. The maximum absolute atomic E-state index is 11.8. The third-order valence-electron chi connectivity index (χ3n) is 2.84. The molecule has 4 nitrogen and oxygen atoms in total. The van der Waals surface area contributed by atoms with Gasteiger partial charge in [0.1, 0.15) is 5.41 Å². The van der Waals surface area contributed by atoms with E-state index in [0.717, 1.165) is 12.8 Å². The van der Waals surface area contributed by atoms with Gasteiger partial charge in [-0.1, -0.05) is 6.42 Å².